The molecule has 0 spiro atoms. The van der Waals surface area contributed by atoms with Crippen LogP contribution < -0.4 is 10.1 Å². The van der Waals surface area contributed by atoms with Gasteiger partial charge in [0.05, 0.1) is 6.54 Å². The van der Waals surface area contributed by atoms with Crippen LogP contribution in [0.1, 0.15) is 47.8 Å². The van der Waals surface area contributed by atoms with Gasteiger partial charge in [-0.3, -0.25) is 4.79 Å². The molecule has 31 heavy (non-hydrogen) atoms. The van der Waals surface area contributed by atoms with Gasteiger partial charge in [0.15, 0.2) is 0 Å². The lowest BCUT2D eigenvalue weighted by atomic mass is 9.86. The molecule has 0 unspecified atom stereocenters. The predicted octanol–water partition coefficient (Wildman–Crippen LogP) is 6.39. The summed E-state index contributed by atoms with van der Waals surface area (Å²) in [6, 6.07) is 24.4. The van der Waals surface area contributed by atoms with Crippen molar-refractivity contribution in [2.24, 2.45) is 0 Å². The SMILES string of the molecule is Cc1ccc(SCc2ccc(C(=O)NCCOc3ccccc3C(C)(C)C)cc2)cc1. The number of benzene rings is 3. The highest BCUT2D eigenvalue weighted by Crippen LogP contribution is 2.30. The Bertz CT molecular complexity index is 989. The second kappa shape index (κ2) is 10.5. The van der Waals surface area contributed by atoms with Crippen LogP contribution in [-0.4, -0.2) is 19.1 Å². The zero-order chi connectivity index (χ0) is 22.3. The quantitative estimate of drug-likeness (QED) is 0.330. The van der Waals surface area contributed by atoms with Crippen LogP contribution in [0.2, 0.25) is 0 Å². The predicted molar refractivity (Wildman–Crippen MR) is 130 cm³/mol. The summed E-state index contributed by atoms with van der Waals surface area (Å²) in [5, 5.41) is 2.94. The summed E-state index contributed by atoms with van der Waals surface area (Å²) >= 11 is 1.80. The molecule has 4 heteroatoms. The molecule has 0 fully saturated rings. The molecule has 0 saturated heterocycles. The Morgan fingerprint density at radius 1 is 0.935 bits per heavy atom. The average Bonchev–Trinajstić information content (AvgIpc) is 2.76. The number of aryl methyl sites for hydroxylation is 1. The third-order valence-electron chi connectivity index (χ3n) is 4.98. The van der Waals surface area contributed by atoms with Crippen LogP contribution >= 0.6 is 11.8 Å². The smallest absolute Gasteiger partial charge is 0.251 e. The molecular weight excluding hydrogens is 402 g/mol. The van der Waals surface area contributed by atoms with E-state index in [-0.39, 0.29) is 11.3 Å². The Balaban J connectivity index is 1.45. The van der Waals surface area contributed by atoms with Crippen molar-refractivity contribution >= 4 is 17.7 Å². The van der Waals surface area contributed by atoms with Crippen LogP contribution in [-0.2, 0) is 11.2 Å². The molecule has 0 radical (unpaired) electrons. The fourth-order valence-electron chi connectivity index (χ4n) is 3.19. The number of rotatable bonds is 8. The fourth-order valence-corrected chi connectivity index (χ4v) is 4.05. The molecule has 1 N–H and O–H groups in total. The van der Waals surface area contributed by atoms with Crippen LogP contribution in [0.5, 0.6) is 5.75 Å². The lowest BCUT2D eigenvalue weighted by Crippen LogP contribution is -2.28. The highest BCUT2D eigenvalue weighted by molar-refractivity contribution is 7.98. The monoisotopic (exact) mass is 433 g/mol. The first-order valence-corrected chi connectivity index (χ1v) is 11.6. The summed E-state index contributed by atoms with van der Waals surface area (Å²) in [6.07, 6.45) is 0. The third kappa shape index (κ3) is 6.90. The molecule has 0 saturated carbocycles. The molecule has 3 aromatic rings. The number of carbonyl (C=O) groups excluding carboxylic acids is 1. The van der Waals surface area contributed by atoms with Gasteiger partial charge in [-0.25, -0.2) is 0 Å². The molecule has 3 rings (SSSR count). The van der Waals surface area contributed by atoms with Crippen molar-refractivity contribution in [3.05, 3.63) is 95.1 Å². The van der Waals surface area contributed by atoms with Gasteiger partial charge in [0, 0.05) is 16.2 Å². The molecule has 1 amide bonds. The second-order valence-corrected chi connectivity index (χ2v) is 9.70. The van der Waals surface area contributed by atoms with Crippen molar-refractivity contribution in [1.82, 2.24) is 5.32 Å². The van der Waals surface area contributed by atoms with E-state index >= 15 is 0 Å². The van der Waals surface area contributed by atoms with Crippen molar-refractivity contribution in [2.75, 3.05) is 13.2 Å². The van der Waals surface area contributed by atoms with Gasteiger partial charge in [-0.1, -0.05) is 68.8 Å². The normalized spacial score (nSPS) is 11.2. The third-order valence-corrected chi connectivity index (χ3v) is 6.07. The molecule has 3 aromatic carbocycles. The van der Waals surface area contributed by atoms with E-state index in [9.17, 15) is 4.79 Å². The molecule has 3 nitrogen and oxygen atoms in total. The number of ether oxygens (including phenoxy) is 1. The Morgan fingerprint density at radius 3 is 2.29 bits per heavy atom. The largest absolute Gasteiger partial charge is 0.491 e. The van der Waals surface area contributed by atoms with Crippen LogP contribution in [0.4, 0.5) is 0 Å². The van der Waals surface area contributed by atoms with Gasteiger partial charge < -0.3 is 10.1 Å². The topological polar surface area (TPSA) is 38.3 Å². The van der Waals surface area contributed by atoms with Crippen molar-refractivity contribution in [3.63, 3.8) is 0 Å². The minimum Gasteiger partial charge on any atom is -0.491 e. The number of carbonyl (C=O) groups is 1. The number of thioether (sulfide) groups is 1. The van der Waals surface area contributed by atoms with E-state index in [0.29, 0.717) is 18.7 Å². The maximum atomic E-state index is 12.4. The van der Waals surface area contributed by atoms with Crippen molar-refractivity contribution in [2.45, 2.75) is 43.8 Å². The summed E-state index contributed by atoms with van der Waals surface area (Å²) < 4.78 is 5.93. The van der Waals surface area contributed by atoms with Crippen molar-refractivity contribution in [1.29, 1.82) is 0 Å². The first-order valence-electron chi connectivity index (χ1n) is 10.6. The highest BCUT2D eigenvalue weighted by atomic mass is 32.2. The lowest BCUT2D eigenvalue weighted by molar-refractivity contribution is 0.0947. The average molecular weight is 434 g/mol. The van der Waals surface area contributed by atoms with Gasteiger partial charge in [0.2, 0.25) is 0 Å². The van der Waals surface area contributed by atoms with E-state index in [0.717, 1.165) is 11.5 Å². The minimum absolute atomic E-state index is 0.0132. The number of hydrogen-bond acceptors (Lipinski definition) is 3. The van der Waals surface area contributed by atoms with E-state index in [1.807, 2.05) is 42.5 Å². The Kier molecular flexibility index (Phi) is 7.80. The summed E-state index contributed by atoms with van der Waals surface area (Å²) in [4.78, 5) is 13.7. The summed E-state index contributed by atoms with van der Waals surface area (Å²) in [6.45, 7) is 9.49. The maximum absolute atomic E-state index is 12.4. The summed E-state index contributed by atoms with van der Waals surface area (Å²) in [7, 11) is 0. The summed E-state index contributed by atoms with van der Waals surface area (Å²) in [5.74, 6) is 1.68. The number of hydrogen-bond donors (Lipinski definition) is 1. The van der Waals surface area contributed by atoms with Crippen molar-refractivity contribution < 1.29 is 9.53 Å². The fraction of sp³-hybridized carbons (Fsp3) is 0.296. The summed E-state index contributed by atoms with van der Waals surface area (Å²) in [5.41, 5.74) is 4.31. The number of nitrogens with one attached hydrogen (secondary N) is 1. The lowest BCUT2D eigenvalue weighted by Gasteiger charge is -2.22. The number of para-hydroxylation sites is 1. The highest BCUT2D eigenvalue weighted by Gasteiger charge is 2.18. The van der Waals surface area contributed by atoms with Crippen molar-refractivity contribution in [3.8, 4) is 5.75 Å². The van der Waals surface area contributed by atoms with Gasteiger partial charge >= 0.3 is 0 Å². The molecule has 0 atom stereocenters. The first kappa shape index (κ1) is 23.0. The first-order chi connectivity index (χ1) is 14.8. The van der Waals surface area contributed by atoms with Crippen LogP contribution in [0.25, 0.3) is 0 Å². The zero-order valence-corrected chi connectivity index (χ0v) is 19.6. The van der Waals surface area contributed by atoms with E-state index in [2.05, 4.69) is 63.3 Å². The van der Waals surface area contributed by atoms with E-state index in [4.69, 9.17) is 4.74 Å². The molecule has 0 aromatic heterocycles. The zero-order valence-electron chi connectivity index (χ0n) is 18.8. The Morgan fingerprint density at radius 2 is 1.61 bits per heavy atom. The van der Waals surface area contributed by atoms with Crippen LogP contribution in [0, 0.1) is 6.92 Å². The van der Waals surface area contributed by atoms with E-state index in [1.54, 1.807) is 11.8 Å². The van der Waals surface area contributed by atoms with Gasteiger partial charge in [-0.15, -0.1) is 11.8 Å². The standard InChI is InChI=1S/C27H31NO2S/c1-20-9-15-23(16-10-20)31-19-21-11-13-22(14-12-21)26(29)28-17-18-30-25-8-6-5-7-24(25)27(2,3)4/h5-16H,17-19H2,1-4H3,(H,28,29). The molecule has 0 heterocycles. The molecule has 0 bridgehead atoms. The van der Waals surface area contributed by atoms with E-state index < -0.39 is 0 Å². The van der Waals surface area contributed by atoms with Crippen LogP contribution in [0.15, 0.2) is 77.7 Å². The molecule has 0 aliphatic rings. The number of amides is 1. The molecule has 0 aliphatic heterocycles. The van der Waals surface area contributed by atoms with Crippen LogP contribution in [0.3, 0.4) is 0 Å². The van der Waals surface area contributed by atoms with Gasteiger partial charge in [-0.05, 0) is 53.8 Å². The Hall–Kier alpha value is -2.72. The molecular formula is C27H31NO2S. The van der Waals surface area contributed by atoms with Gasteiger partial charge in [0.25, 0.3) is 5.91 Å². The molecule has 162 valence electrons. The minimum atomic E-state index is -0.0783. The Labute approximate surface area is 190 Å². The van der Waals surface area contributed by atoms with E-state index in [1.165, 1.54) is 21.6 Å². The van der Waals surface area contributed by atoms with Gasteiger partial charge in [0.1, 0.15) is 12.4 Å². The maximum Gasteiger partial charge on any atom is 0.251 e. The van der Waals surface area contributed by atoms with Gasteiger partial charge in [-0.2, -0.15) is 0 Å². The molecule has 0 aliphatic carbocycles. The second-order valence-electron chi connectivity index (χ2n) is 8.65.